The van der Waals surface area contributed by atoms with Crippen LogP contribution in [0.15, 0.2) is 79.1 Å². The highest BCUT2D eigenvalue weighted by Crippen LogP contribution is 2.35. The third-order valence-corrected chi connectivity index (χ3v) is 10.2. The molecule has 0 aliphatic rings. The summed E-state index contributed by atoms with van der Waals surface area (Å²) in [7, 11) is -1.77. The minimum atomic E-state index is -1.77. The number of pyridine rings is 1. The molecule has 3 aromatic rings. The monoisotopic (exact) mass is 375 g/mol. The molecule has 0 saturated carbocycles. The smallest absolute Gasteiger partial charge is 0.193 e. The van der Waals surface area contributed by atoms with Crippen LogP contribution in [0, 0.1) is 0 Å². The molecule has 0 bridgehead atoms. The molecule has 0 N–H and O–H groups in total. The van der Waals surface area contributed by atoms with Crippen LogP contribution >= 0.6 is 0 Å². The molecule has 1 unspecified atom stereocenters. The minimum Gasteiger partial charge on any atom is -0.406 e. The standard InChI is InChI=1S/C24H29NOSi/c1-4-27(5-2,6-3)26-24(21-15-11-8-12-16-21)23-17-22(18-25-19-23)20-13-9-7-10-14-20/h7-19,24H,4-6H2,1-3H3. The average molecular weight is 376 g/mol. The van der Waals surface area contributed by atoms with Gasteiger partial charge in [0.1, 0.15) is 0 Å². The van der Waals surface area contributed by atoms with Crippen molar-refractivity contribution >= 4 is 8.32 Å². The fourth-order valence-electron chi connectivity index (χ4n) is 3.60. The molecule has 2 aromatic carbocycles. The molecule has 0 saturated heterocycles. The second-order valence-electron chi connectivity index (χ2n) is 7.03. The maximum absolute atomic E-state index is 6.95. The highest BCUT2D eigenvalue weighted by atomic mass is 28.4. The van der Waals surface area contributed by atoms with Crippen molar-refractivity contribution in [2.24, 2.45) is 0 Å². The van der Waals surface area contributed by atoms with Crippen LogP contribution in [0.2, 0.25) is 18.1 Å². The number of benzene rings is 2. The van der Waals surface area contributed by atoms with Gasteiger partial charge < -0.3 is 4.43 Å². The molecule has 1 heterocycles. The molecule has 140 valence electrons. The first-order chi connectivity index (χ1) is 13.2. The molecule has 0 fully saturated rings. The molecular weight excluding hydrogens is 346 g/mol. The third-order valence-electron chi connectivity index (χ3n) is 5.57. The van der Waals surface area contributed by atoms with E-state index in [9.17, 15) is 0 Å². The molecule has 0 aliphatic carbocycles. The topological polar surface area (TPSA) is 22.1 Å². The van der Waals surface area contributed by atoms with Crippen molar-refractivity contribution in [3.63, 3.8) is 0 Å². The van der Waals surface area contributed by atoms with E-state index in [1.165, 1.54) is 11.1 Å². The number of hydrogen-bond donors (Lipinski definition) is 0. The highest BCUT2D eigenvalue weighted by Gasteiger charge is 2.33. The van der Waals surface area contributed by atoms with Gasteiger partial charge in [-0.25, -0.2) is 0 Å². The van der Waals surface area contributed by atoms with Gasteiger partial charge >= 0.3 is 0 Å². The Bertz CT molecular complexity index is 823. The molecular formula is C24H29NOSi. The summed E-state index contributed by atoms with van der Waals surface area (Å²) in [6.45, 7) is 6.83. The molecule has 0 radical (unpaired) electrons. The summed E-state index contributed by atoms with van der Waals surface area (Å²) >= 11 is 0. The SMILES string of the molecule is CC[Si](CC)(CC)OC(c1ccccc1)c1cncc(-c2ccccc2)c1. The molecule has 1 atom stereocenters. The zero-order chi connectivity index (χ0) is 19.1. The van der Waals surface area contributed by atoms with Crippen molar-refractivity contribution in [2.75, 3.05) is 0 Å². The number of hydrogen-bond acceptors (Lipinski definition) is 2. The van der Waals surface area contributed by atoms with E-state index in [-0.39, 0.29) is 6.10 Å². The lowest BCUT2D eigenvalue weighted by Crippen LogP contribution is -2.37. The normalized spacial score (nSPS) is 12.7. The molecule has 0 spiro atoms. The quantitative estimate of drug-likeness (QED) is 0.401. The second-order valence-corrected chi connectivity index (χ2v) is 11.7. The van der Waals surface area contributed by atoms with Gasteiger partial charge in [0.2, 0.25) is 0 Å². The van der Waals surface area contributed by atoms with Crippen molar-refractivity contribution in [1.29, 1.82) is 0 Å². The molecule has 3 heteroatoms. The lowest BCUT2D eigenvalue weighted by atomic mass is 10.00. The summed E-state index contributed by atoms with van der Waals surface area (Å²) in [5.41, 5.74) is 4.66. The van der Waals surface area contributed by atoms with Gasteiger partial charge in [-0.1, -0.05) is 81.4 Å². The minimum absolute atomic E-state index is 0.0612. The van der Waals surface area contributed by atoms with Crippen molar-refractivity contribution in [3.05, 3.63) is 90.3 Å². The Morgan fingerprint density at radius 2 is 1.33 bits per heavy atom. The Kier molecular flexibility index (Phi) is 6.59. The van der Waals surface area contributed by atoms with Crippen molar-refractivity contribution in [1.82, 2.24) is 4.98 Å². The third kappa shape index (κ3) is 4.55. The van der Waals surface area contributed by atoms with Crippen LogP contribution < -0.4 is 0 Å². The van der Waals surface area contributed by atoms with E-state index in [1.807, 2.05) is 18.5 Å². The first-order valence-electron chi connectivity index (χ1n) is 9.94. The Labute approximate surface area is 164 Å². The van der Waals surface area contributed by atoms with E-state index in [0.29, 0.717) is 0 Å². The fourth-order valence-corrected chi connectivity index (χ4v) is 6.37. The first kappa shape index (κ1) is 19.5. The largest absolute Gasteiger partial charge is 0.406 e. The van der Waals surface area contributed by atoms with E-state index in [4.69, 9.17) is 4.43 Å². The molecule has 27 heavy (non-hydrogen) atoms. The van der Waals surface area contributed by atoms with Crippen LogP contribution in [-0.4, -0.2) is 13.3 Å². The summed E-state index contributed by atoms with van der Waals surface area (Å²) in [6.07, 6.45) is 3.84. The summed E-state index contributed by atoms with van der Waals surface area (Å²) in [6, 6.07) is 26.6. The van der Waals surface area contributed by atoms with Crippen LogP contribution in [-0.2, 0) is 4.43 Å². The van der Waals surface area contributed by atoms with Gasteiger partial charge in [-0.05, 0) is 35.3 Å². The average Bonchev–Trinajstić information content (AvgIpc) is 2.76. The zero-order valence-electron chi connectivity index (χ0n) is 16.6. The lowest BCUT2D eigenvalue weighted by Gasteiger charge is -2.34. The van der Waals surface area contributed by atoms with Crippen molar-refractivity contribution in [2.45, 2.75) is 45.0 Å². The van der Waals surface area contributed by atoms with Gasteiger partial charge in [0.15, 0.2) is 8.32 Å². The van der Waals surface area contributed by atoms with E-state index >= 15 is 0 Å². The van der Waals surface area contributed by atoms with Gasteiger partial charge in [-0.3, -0.25) is 4.98 Å². The van der Waals surface area contributed by atoms with Gasteiger partial charge in [-0.15, -0.1) is 0 Å². The second kappa shape index (κ2) is 9.11. The summed E-state index contributed by atoms with van der Waals surface area (Å²) in [5, 5.41) is 0. The van der Waals surface area contributed by atoms with Gasteiger partial charge in [0.25, 0.3) is 0 Å². The van der Waals surface area contributed by atoms with Crippen molar-refractivity contribution in [3.8, 4) is 11.1 Å². The van der Waals surface area contributed by atoms with Crippen LogP contribution in [0.25, 0.3) is 11.1 Å². The maximum Gasteiger partial charge on any atom is 0.193 e. The van der Waals surface area contributed by atoms with E-state index in [2.05, 4.69) is 86.4 Å². The summed E-state index contributed by atoms with van der Waals surface area (Å²) < 4.78 is 6.95. The van der Waals surface area contributed by atoms with Gasteiger partial charge in [-0.2, -0.15) is 0 Å². The van der Waals surface area contributed by atoms with Crippen LogP contribution in [0.3, 0.4) is 0 Å². The molecule has 3 rings (SSSR count). The summed E-state index contributed by atoms with van der Waals surface area (Å²) in [4.78, 5) is 4.55. The molecule has 1 aromatic heterocycles. The van der Waals surface area contributed by atoms with Gasteiger partial charge in [0.05, 0.1) is 6.10 Å². The lowest BCUT2D eigenvalue weighted by molar-refractivity contribution is 0.229. The number of aromatic nitrogens is 1. The van der Waals surface area contributed by atoms with Gasteiger partial charge in [0, 0.05) is 23.5 Å². The highest BCUT2D eigenvalue weighted by molar-refractivity contribution is 6.73. The Morgan fingerprint density at radius 3 is 1.93 bits per heavy atom. The van der Waals surface area contributed by atoms with Crippen LogP contribution in [0.4, 0.5) is 0 Å². The van der Waals surface area contributed by atoms with Crippen LogP contribution in [0.5, 0.6) is 0 Å². The Hall–Kier alpha value is -2.23. The van der Waals surface area contributed by atoms with Crippen LogP contribution in [0.1, 0.15) is 38.0 Å². The molecule has 0 aliphatic heterocycles. The van der Waals surface area contributed by atoms with Crippen molar-refractivity contribution < 1.29 is 4.43 Å². The predicted octanol–water partition coefficient (Wildman–Crippen LogP) is 6.86. The number of nitrogens with zero attached hydrogens (tertiary/aromatic N) is 1. The van der Waals surface area contributed by atoms with E-state index in [0.717, 1.165) is 29.3 Å². The fraction of sp³-hybridized carbons (Fsp3) is 0.292. The summed E-state index contributed by atoms with van der Waals surface area (Å²) in [5.74, 6) is 0. The van der Waals surface area contributed by atoms with E-state index in [1.54, 1.807) is 0 Å². The zero-order valence-corrected chi connectivity index (χ0v) is 17.6. The maximum atomic E-state index is 6.95. The first-order valence-corrected chi connectivity index (χ1v) is 12.5. The van der Waals surface area contributed by atoms with E-state index < -0.39 is 8.32 Å². The molecule has 2 nitrogen and oxygen atoms in total. The Morgan fingerprint density at radius 1 is 0.741 bits per heavy atom. The Balaban J connectivity index is 2.03. The number of rotatable bonds is 8. The predicted molar refractivity (Wildman–Crippen MR) is 116 cm³/mol. The molecule has 0 amide bonds.